The van der Waals surface area contributed by atoms with E-state index < -0.39 is 15.9 Å². The number of rotatable bonds is 6. The quantitative estimate of drug-likeness (QED) is 0.465. The Hall–Kier alpha value is -1.63. The Balaban J connectivity index is 1.35. The number of amides is 1. The van der Waals surface area contributed by atoms with Crippen molar-refractivity contribution >= 4 is 37.5 Å². The second-order valence-corrected chi connectivity index (χ2v) is 12.8. The Morgan fingerprint density at radius 2 is 2.00 bits per heavy atom. The lowest BCUT2D eigenvalue weighted by Crippen LogP contribution is -2.69. The molecule has 3 aliphatic heterocycles. The second-order valence-electron chi connectivity index (χ2n) is 9.48. The molecule has 4 atom stereocenters. The van der Waals surface area contributed by atoms with Gasteiger partial charge in [0.2, 0.25) is 15.9 Å². The van der Waals surface area contributed by atoms with Crippen molar-refractivity contribution in [1.82, 2.24) is 30.6 Å². The van der Waals surface area contributed by atoms with Crippen LogP contribution in [-0.2, 0) is 14.8 Å². The molecule has 1 aromatic carbocycles. The molecule has 3 fully saturated rings. The number of carbonyl (C=O) groups excluding carboxylic acids is 1. The Kier molecular flexibility index (Phi) is 7.19. The van der Waals surface area contributed by atoms with E-state index in [4.69, 9.17) is 4.98 Å². The Labute approximate surface area is 205 Å². The topological polar surface area (TPSA) is 115 Å². The van der Waals surface area contributed by atoms with Gasteiger partial charge < -0.3 is 10.6 Å². The largest absolute Gasteiger partial charge is 0.340 e. The van der Waals surface area contributed by atoms with Crippen LogP contribution in [0.2, 0.25) is 0 Å². The monoisotopic (exact) mass is 506 g/mol. The number of piperidine rings is 2. The van der Waals surface area contributed by atoms with Crippen molar-refractivity contribution in [2.45, 2.75) is 56.9 Å². The number of nitrogens with zero attached hydrogens (tertiary/aromatic N) is 2. The van der Waals surface area contributed by atoms with Crippen LogP contribution in [-0.4, -0.2) is 73.9 Å². The van der Waals surface area contributed by atoms with Crippen molar-refractivity contribution in [2.75, 3.05) is 31.9 Å². The highest BCUT2D eigenvalue weighted by molar-refractivity contribution is 7.89. The third-order valence-electron chi connectivity index (χ3n) is 7.29. The minimum absolute atomic E-state index is 0.0207. The molecule has 0 aliphatic carbocycles. The Morgan fingerprint density at radius 1 is 1.21 bits per heavy atom. The first-order valence-electron chi connectivity index (χ1n) is 12.3. The number of aromatic nitrogens is 1. The predicted molar refractivity (Wildman–Crippen MR) is 134 cm³/mol. The van der Waals surface area contributed by atoms with Crippen molar-refractivity contribution < 1.29 is 13.2 Å². The number of thiazole rings is 1. The highest BCUT2D eigenvalue weighted by atomic mass is 32.2. The highest BCUT2D eigenvalue weighted by Crippen LogP contribution is 2.33. The SMILES string of the molecule is CCS(=O)(=O)N1CCC(C2NC(=O)C(c3nc4ccccc4s3)C(N[C@@H]3CCCNC3)N2)CC1. The average molecular weight is 507 g/mol. The zero-order chi connectivity index (χ0) is 23.7. The van der Waals surface area contributed by atoms with Gasteiger partial charge in [-0.2, -0.15) is 0 Å². The van der Waals surface area contributed by atoms with Crippen LogP contribution in [0.15, 0.2) is 24.3 Å². The summed E-state index contributed by atoms with van der Waals surface area (Å²) in [4.78, 5) is 18.3. The summed E-state index contributed by atoms with van der Waals surface area (Å²) in [5, 5.41) is 14.9. The molecule has 0 bridgehead atoms. The molecule has 0 radical (unpaired) electrons. The number of fused-ring (bicyclic) bond motifs is 1. The summed E-state index contributed by atoms with van der Waals surface area (Å²) in [6.07, 6.45) is 3.19. The van der Waals surface area contributed by atoms with Crippen LogP contribution in [0.25, 0.3) is 10.2 Å². The fourth-order valence-corrected chi connectivity index (χ4v) is 7.56. The molecular weight excluding hydrogens is 472 g/mol. The standard InChI is InChI=1S/C23H34N6O3S2/c1-2-34(31,32)29-12-9-15(10-13-29)20-27-21(25-16-6-5-11-24-14-16)19(22(30)28-20)23-26-17-7-3-4-8-18(17)33-23/h3-4,7-8,15-16,19-21,24-25,27H,2,5-6,9-14H2,1H3,(H,28,30)/t16-,19?,20?,21?/m1/s1. The van der Waals surface area contributed by atoms with E-state index in [0.29, 0.717) is 13.1 Å². The Morgan fingerprint density at radius 3 is 2.71 bits per heavy atom. The molecule has 0 saturated carbocycles. The normalized spacial score (nSPS) is 29.9. The van der Waals surface area contributed by atoms with Gasteiger partial charge in [0.25, 0.3) is 0 Å². The molecule has 11 heteroatoms. The van der Waals surface area contributed by atoms with Gasteiger partial charge in [-0.3, -0.25) is 15.4 Å². The van der Waals surface area contributed by atoms with Crippen LogP contribution < -0.4 is 21.3 Å². The smallest absolute Gasteiger partial charge is 0.234 e. The molecular formula is C23H34N6O3S2. The summed E-state index contributed by atoms with van der Waals surface area (Å²) in [7, 11) is -3.17. The van der Waals surface area contributed by atoms with Crippen molar-refractivity contribution in [3.05, 3.63) is 29.3 Å². The zero-order valence-electron chi connectivity index (χ0n) is 19.5. The molecule has 1 amide bonds. The van der Waals surface area contributed by atoms with Gasteiger partial charge in [-0.1, -0.05) is 12.1 Å². The van der Waals surface area contributed by atoms with E-state index in [0.717, 1.165) is 54.0 Å². The van der Waals surface area contributed by atoms with E-state index in [2.05, 4.69) is 21.3 Å². The second kappa shape index (κ2) is 10.2. The third kappa shape index (κ3) is 5.00. The lowest BCUT2D eigenvalue weighted by molar-refractivity contribution is -0.128. The number of para-hydroxylation sites is 1. The number of benzene rings is 1. The van der Waals surface area contributed by atoms with Crippen LogP contribution in [0.4, 0.5) is 0 Å². The van der Waals surface area contributed by atoms with Crippen LogP contribution in [0.1, 0.15) is 43.5 Å². The fourth-order valence-electron chi connectivity index (χ4n) is 5.32. The molecule has 2 aromatic rings. The molecule has 4 heterocycles. The van der Waals surface area contributed by atoms with E-state index in [-0.39, 0.29) is 36.0 Å². The molecule has 5 rings (SSSR count). The van der Waals surface area contributed by atoms with E-state index in [9.17, 15) is 13.2 Å². The first-order valence-corrected chi connectivity index (χ1v) is 14.7. The molecule has 34 heavy (non-hydrogen) atoms. The van der Waals surface area contributed by atoms with Crippen molar-refractivity contribution in [3.8, 4) is 0 Å². The summed E-state index contributed by atoms with van der Waals surface area (Å²) in [6.45, 7) is 4.59. The van der Waals surface area contributed by atoms with E-state index in [1.807, 2.05) is 24.3 Å². The third-order valence-corrected chi connectivity index (χ3v) is 10.3. The van der Waals surface area contributed by atoms with Crippen LogP contribution in [0.5, 0.6) is 0 Å². The van der Waals surface area contributed by atoms with E-state index in [1.165, 1.54) is 0 Å². The fraction of sp³-hybridized carbons (Fsp3) is 0.652. The molecule has 3 saturated heterocycles. The molecule has 4 N–H and O–H groups in total. The maximum Gasteiger partial charge on any atom is 0.234 e. The summed E-state index contributed by atoms with van der Waals surface area (Å²) < 4.78 is 27.2. The summed E-state index contributed by atoms with van der Waals surface area (Å²) in [6, 6.07) is 8.27. The highest BCUT2D eigenvalue weighted by Gasteiger charge is 2.43. The van der Waals surface area contributed by atoms with Crippen LogP contribution >= 0.6 is 11.3 Å². The van der Waals surface area contributed by atoms with Gasteiger partial charge in [0, 0.05) is 25.7 Å². The minimum atomic E-state index is -3.17. The lowest BCUT2D eigenvalue weighted by atomic mass is 9.90. The average Bonchev–Trinajstić information content (AvgIpc) is 3.28. The van der Waals surface area contributed by atoms with Crippen LogP contribution in [0, 0.1) is 5.92 Å². The number of nitrogens with one attached hydrogen (secondary N) is 4. The number of hydrogen-bond donors (Lipinski definition) is 4. The molecule has 9 nitrogen and oxygen atoms in total. The predicted octanol–water partition coefficient (Wildman–Crippen LogP) is 1.15. The van der Waals surface area contributed by atoms with Gasteiger partial charge in [-0.25, -0.2) is 17.7 Å². The Bertz CT molecular complexity index is 1080. The summed E-state index contributed by atoms with van der Waals surface area (Å²) in [5.41, 5.74) is 0.917. The summed E-state index contributed by atoms with van der Waals surface area (Å²) >= 11 is 1.57. The van der Waals surface area contributed by atoms with Crippen LogP contribution in [0.3, 0.4) is 0 Å². The first kappa shape index (κ1) is 24.1. The van der Waals surface area contributed by atoms with E-state index >= 15 is 0 Å². The zero-order valence-corrected chi connectivity index (χ0v) is 21.1. The maximum atomic E-state index is 13.5. The first-order chi connectivity index (χ1) is 16.4. The number of sulfonamides is 1. The minimum Gasteiger partial charge on any atom is -0.340 e. The molecule has 0 spiro atoms. The van der Waals surface area contributed by atoms with Gasteiger partial charge >= 0.3 is 0 Å². The molecule has 3 unspecified atom stereocenters. The summed E-state index contributed by atoms with van der Waals surface area (Å²) in [5.74, 6) is -0.136. The van der Waals surface area contributed by atoms with Gasteiger partial charge in [-0.05, 0) is 57.2 Å². The molecule has 3 aliphatic rings. The van der Waals surface area contributed by atoms with Crippen molar-refractivity contribution in [2.24, 2.45) is 5.92 Å². The van der Waals surface area contributed by atoms with Crippen molar-refractivity contribution in [1.29, 1.82) is 0 Å². The van der Waals surface area contributed by atoms with Gasteiger partial charge in [-0.15, -0.1) is 11.3 Å². The number of hydrogen-bond acceptors (Lipinski definition) is 8. The lowest BCUT2D eigenvalue weighted by Gasteiger charge is -2.44. The molecule has 1 aromatic heterocycles. The number of carbonyl (C=O) groups is 1. The van der Waals surface area contributed by atoms with Crippen molar-refractivity contribution in [3.63, 3.8) is 0 Å². The van der Waals surface area contributed by atoms with Gasteiger partial charge in [0.15, 0.2) is 0 Å². The maximum absolute atomic E-state index is 13.5. The van der Waals surface area contributed by atoms with Gasteiger partial charge in [0.1, 0.15) is 10.9 Å². The van der Waals surface area contributed by atoms with E-state index in [1.54, 1.807) is 22.6 Å². The molecule has 186 valence electrons. The van der Waals surface area contributed by atoms with Gasteiger partial charge in [0.05, 0.1) is 28.3 Å².